The number of benzene rings is 1. The molecule has 0 spiro atoms. The summed E-state index contributed by atoms with van der Waals surface area (Å²) in [6.45, 7) is 0.238. The van der Waals surface area contributed by atoms with E-state index in [-0.39, 0.29) is 13.0 Å². The number of nitrogens with zero attached hydrogens (tertiary/aromatic N) is 2. The van der Waals surface area contributed by atoms with Crippen LogP contribution in [0.5, 0.6) is 0 Å². The van der Waals surface area contributed by atoms with Gasteiger partial charge in [-0.2, -0.15) is 4.98 Å². The Hall–Kier alpha value is -1.43. The molecule has 0 saturated heterocycles. The van der Waals surface area contributed by atoms with Crippen molar-refractivity contribution in [2.24, 2.45) is 0 Å². The van der Waals surface area contributed by atoms with Gasteiger partial charge < -0.3 is 14.4 Å². The van der Waals surface area contributed by atoms with E-state index in [1.165, 1.54) is 7.11 Å². The molecule has 2 aromatic rings. The zero-order valence-corrected chi connectivity index (χ0v) is 11.3. The predicted octanol–water partition coefficient (Wildman–Crippen LogP) is 1.86. The summed E-state index contributed by atoms with van der Waals surface area (Å²) < 4.78 is 9.91. The molecule has 2 rings (SSSR count). The van der Waals surface area contributed by atoms with E-state index >= 15 is 0 Å². The van der Waals surface area contributed by atoms with Crippen molar-refractivity contribution in [1.29, 1.82) is 0 Å². The highest BCUT2D eigenvalue weighted by Gasteiger charge is 2.13. The van der Waals surface area contributed by atoms with Gasteiger partial charge in [0, 0.05) is 18.6 Å². The summed E-state index contributed by atoms with van der Waals surface area (Å²) in [6.07, 6.45) is 0.144. The van der Waals surface area contributed by atoms with Gasteiger partial charge in [-0.05, 0) is 11.6 Å². The average molecular weight is 283 g/mol. The van der Waals surface area contributed by atoms with Crippen LogP contribution in [0.4, 0.5) is 0 Å². The lowest BCUT2D eigenvalue weighted by atomic mass is 10.1. The first-order chi connectivity index (χ1) is 9.19. The maximum Gasteiger partial charge on any atom is 0.229 e. The summed E-state index contributed by atoms with van der Waals surface area (Å²) in [6, 6.07) is 7.51. The Bertz CT molecular complexity index is 530. The minimum absolute atomic E-state index is 0.238. The van der Waals surface area contributed by atoms with Crippen LogP contribution in [0.3, 0.4) is 0 Å². The maximum absolute atomic E-state index is 9.57. The van der Waals surface area contributed by atoms with Crippen molar-refractivity contribution in [1.82, 2.24) is 10.1 Å². The Morgan fingerprint density at radius 1 is 1.42 bits per heavy atom. The van der Waals surface area contributed by atoms with E-state index < -0.39 is 6.10 Å². The SMILES string of the molecule is COCC(O)Cc1nc(Cc2ccccc2Cl)no1. The highest BCUT2D eigenvalue weighted by molar-refractivity contribution is 6.31. The second-order valence-corrected chi connectivity index (χ2v) is 4.59. The molecule has 0 amide bonds. The van der Waals surface area contributed by atoms with Crippen molar-refractivity contribution in [3.63, 3.8) is 0 Å². The molecule has 0 radical (unpaired) electrons. The molecule has 1 unspecified atom stereocenters. The summed E-state index contributed by atoms with van der Waals surface area (Å²) in [7, 11) is 1.53. The number of hydrogen-bond donors (Lipinski definition) is 1. The second kappa shape index (κ2) is 6.65. The minimum Gasteiger partial charge on any atom is -0.390 e. The van der Waals surface area contributed by atoms with Gasteiger partial charge in [0.2, 0.25) is 5.89 Å². The molecule has 0 fully saturated rings. The first kappa shape index (κ1) is 14.0. The molecule has 1 aromatic heterocycles. The fourth-order valence-corrected chi connectivity index (χ4v) is 1.91. The van der Waals surface area contributed by atoms with Gasteiger partial charge in [0.1, 0.15) is 0 Å². The fraction of sp³-hybridized carbons (Fsp3) is 0.385. The number of aliphatic hydroxyl groups is 1. The molecule has 0 aliphatic rings. The van der Waals surface area contributed by atoms with Crippen LogP contribution in [-0.2, 0) is 17.6 Å². The zero-order chi connectivity index (χ0) is 13.7. The largest absolute Gasteiger partial charge is 0.390 e. The van der Waals surface area contributed by atoms with Crippen molar-refractivity contribution in [3.8, 4) is 0 Å². The Morgan fingerprint density at radius 2 is 2.21 bits per heavy atom. The molecule has 1 heterocycles. The third kappa shape index (κ3) is 4.02. The van der Waals surface area contributed by atoms with Crippen molar-refractivity contribution in [2.75, 3.05) is 13.7 Å². The Morgan fingerprint density at radius 3 is 2.95 bits per heavy atom. The van der Waals surface area contributed by atoms with E-state index in [4.69, 9.17) is 20.9 Å². The van der Waals surface area contributed by atoms with Crippen LogP contribution >= 0.6 is 11.6 Å². The molecule has 102 valence electrons. The van der Waals surface area contributed by atoms with Gasteiger partial charge in [-0.1, -0.05) is 35.0 Å². The number of rotatable bonds is 6. The van der Waals surface area contributed by atoms with Gasteiger partial charge in [0.05, 0.1) is 19.1 Å². The van der Waals surface area contributed by atoms with E-state index in [1.807, 2.05) is 24.3 Å². The number of aromatic nitrogens is 2. The number of hydrogen-bond acceptors (Lipinski definition) is 5. The Labute approximate surface area is 116 Å². The molecule has 5 nitrogen and oxygen atoms in total. The van der Waals surface area contributed by atoms with Gasteiger partial charge in [-0.25, -0.2) is 0 Å². The third-order valence-corrected chi connectivity index (χ3v) is 2.95. The molecule has 6 heteroatoms. The molecular weight excluding hydrogens is 268 g/mol. The smallest absolute Gasteiger partial charge is 0.229 e. The van der Waals surface area contributed by atoms with Crippen LogP contribution in [0.15, 0.2) is 28.8 Å². The van der Waals surface area contributed by atoms with Crippen LogP contribution in [0.25, 0.3) is 0 Å². The quantitative estimate of drug-likeness (QED) is 0.876. The summed E-state index contributed by atoms with van der Waals surface area (Å²) in [5.74, 6) is 0.944. The van der Waals surface area contributed by atoms with Gasteiger partial charge >= 0.3 is 0 Å². The lowest BCUT2D eigenvalue weighted by molar-refractivity contribution is 0.0599. The third-order valence-electron chi connectivity index (χ3n) is 2.59. The average Bonchev–Trinajstić information content (AvgIpc) is 2.80. The summed E-state index contributed by atoms with van der Waals surface area (Å²) >= 11 is 6.06. The van der Waals surface area contributed by atoms with Crippen LogP contribution < -0.4 is 0 Å². The van der Waals surface area contributed by atoms with E-state index in [2.05, 4.69) is 10.1 Å². The standard InChI is InChI=1S/C13H15ClN2O3/c1-18-8-10(17)7-13-15-12(16-19-13)6-9-4-2-3-5-11(9)14/h2-5,10,17H,6-8H2,1H3. The first-order valence-corrected chi connectivity index (χ1v) is 6.28. The summed E-state index contributed by atoms with van der Waals surface area (Å²) in [4.78, 5) is 4.22. The minimum atomic E-state index is -0.640. The van der Waals surface area contributed by atoms with Gasteiger partial charge in [0.15, 0.2) is 5.82 Å². The molecule has 1 aromatic carbocycles. The lowest BCUT2D eigenvalue weighted by Gasteiger charge is -2.04. The van der Waals surface area contributed by atoms with Crippen LogP contribution in [0, 0.1) is 0 Å². The molecular formula is C13H15ClN2O3. The zero-order valence-electron chi connectivity index (χ0n) is 10.5. The van der Waals surface area contributed by atoms with Gasteiger partial charge in [0.25, 0.3) is 0 Å². The fourth-order valence-electron chi connectivity index (χ4n) is 1.71. The summed E-state index contributed by atoms with van der Waals surface area (Å²) in [5, 5.41) is 14.1. The Balaban J connectivity index is 2.00. The molecule has 0 aliphatic carbocycles. The maximum atomic E-state index is 9.57. The normalized spacial score (nSPS) is 12.6. The number of aliphatic hydroxyl groups excluding tert-OH is 1. The number of halogens is 1. The highest BCUT2D eigenvalue weighted by atomic mass is 35.5. The van der Waals surface area contributed by atoms with Crippen molar-refractivity contribution in [3.05, 3.63) is 46.6 Å². The molecule has 1 atom stereocenters. The van der Waals surface area contributed by atoms with Crippen molar-refractivity contribution < 1.29 is 14.4 Å². The second-order valence-electron chi connectivity index (χ2n) is 4.19. The predicted molar refractivity (Wildman–Crippen MR) is 70.1 cm³/mol. The topological polar surface area (TPSA) is 68.4 Å². The van der Waals surface area contributed by atoms with E-state index in [0.29, 0.717) is 23.2 Å². The molecule has 0 bridgehead atoms. The van der Waals surface area contributed by atoms with Gasteiger partial charge in [-0.15, -0.1) is 0 Å². The van der Waals surface area contributed by atoms with Gasteiger partial charge in [-0.3, -0.25) is 0 Å². The van der Waals surface area contributed by atoms with Crippen molar-refractivity contribution >= 4 is 11.6 Å². The lowest BCUT2D eigenvalue weighted by Crippen LogP contribution is -2.17. The van der Waals surface area contributed by atoms with E-state index in [0.717, 1.165) is 5.56 Å². The molecule has 19 heavy (non-hydrogen) atoms. The molecule has 1 N–H and O–H groups in total. The van der Waals surface area contributed by atoms with E-state index in [1.54, 1.807) is 0 Å². The van der Waals surface area contributed by atoms with Crippen molar-refractivity contribution in [2.45, 2.75) is 18.9 Å². The van der Waals surface area contributed by atoms with E-state index in [9.17, 15) is 5.11 Å². The number of methoxy groups -OCH3 is 1. The van der Waals surface area contributed by atoms with Crippen LogP contribution in [-0.4, -0.2) is 35.1 Å². The van der Waals surface area contributed by atoms with Crippen LogP contribution in [0.2, 0.25) is 5.02 Å². The highest BCUT2D eigenvalue weighted by Crippen LogP contribution is 2.17. The first-order valence-electron chi connectivity index (χ1n) is 5.91. The van der Waals surface area contributed by atoms with Crippen LogP contribution in [0.1, 0.15) is 17.3 Å². The number of ether oxygens (including phenoxy) is 1. The molecule has 0 aliphatic heterocycles. The molecule has 0 saturated carbocycles. The summed E-state index contributed by atoms with van der Waals surface area (Å²) in [5.41, 5.74) is 0.939. The monoisotopic (exact) mass is 282 g/mol. The Kier molecular flexibility index (Phi) is 4.90.